The fraction of sp³-hybridized carbons (Fsp3) is 0.389. The van der Waals surface area contributed by atoms with Gasteiger partial charge in [-0.25, -0.2) is 14.8 Å². The van der Waals surface area contributed by atoms with Gasteiger partial charge in [-0.1, -0.05) is 6.07 Å². The summed E-state index contributed by atoms with van der Waals surface area (Å²) in [5.74, 6) is 1.72. The zero-order chi connectivity index (χ0) is 17.9. The number of H-pyrrole nitrogens is 2. The van der Waals surface area contributed by atoms with Gasteiger partial charge in [-0.05, 0) is 24.1 Å². The van der Waals surface area contributed by atoms with Crippen LogP contribution in [0.1, 0.15) is 29.4 Å². The Kier molecular flexibility index (Phi) is 4.68. The Labute approximate surface area is 150 Å². The molecule has 26 heavy (non-hydrogen) atoms. The van der Waals surface area contributed by atoms with Crippen molar-refractivity contribution in [3.05, 3.63) is 51.8 Å². The van der Waals surface area contributed by atoms with Gasteiger partial charge in [0, 0.05) is 32.2 Å². The van der Waals surface area contributed by atoms with Gasteiger partial charge in [-0.15, -0.1) is 0 Å². The Morgan fingerprint density at radius 2 is 2.15 bits per heavy atom. The van der Waals surface area contributed by atoms with Crippen molar-refractivity contribution in [3.63, 3.8) is 0 Å². The van der Waals surface area contributed by atoms with Crippen LogP contribution in [0.15, 0.2) is 29.1 Å². The van der Waals surface area contributed by atoms with Crippen molar-refractivity contribution >= 4 is 16.9 Å². The first-order valence-corrected chi connectivity index (χ1v) is 8.60. The lowest BCUT2D eigenvalue weighted by Crippen LogP contribution is -2.10. The van der Waals surface area contributed by atoms with Crippen molar-refractivity contribution in [2.45, 2.75) is 25.5 Å². The number of aromatic amines is 2. The van der Waals surface area contributed by atoms with Gasteiger partial charge >= 0.3 is 5.69 Å². The molecule has 2 aromatic heterocycles. The van der Waals surface area contributed by atoms with E-state index >= 15 is 0 Å². The fourth-order valence-corrected chi connectivity index (χ4v) is 3.16. The predicted molar refractivity (Wildman–Crippen MR) is 97.2 cm³/mol. The molecule has 0 radical (unpaired) electrons. The molecule has 1 fully saturated rings. The molecule has 8 heteroatoms. The van der Waals surface area contributed by atoms with Crippen LogP contribution in [0.5, 0.6) is 0 Å². The van der Waals surface area contributed by atoms with E-state index in [0.717, 1.165) is 41.1 Å². The molecule has 1 saturated heterocycles. The molecule has 0 spiro atoms. The van der Waals surface area contributed by atoms with Gasteiger partial charge in [0.15, 0.2) is 5.82 Å². The van der Waals surface area contributed by atoms with Crippen LogP contribution in [0.25, 0.3) is 11.0 Å². The molecule has 0 amide bonds. The zero-order valence-corrected chi connectivity index (χ0v) is 14.5. The van der Waals surface area contributed by atoms with Gasteiger partial charge in [-0.2, -0.15) is 0 Å². The normalized spacial score (nSPS) is 17.0. The number of aromatic nitrogens is 4. The number of hydrogen-bond acceptors (Lipinski definition) is 6. The van der Waals surface area contributed by atoms with E-state index in [0.29, 0.717) is 31.5 Å². The molecule has 1 aromatic carbocycles. The minimum atomic E-state index is -0.200. The number of hydrogen-bond donors (Lipinski definition) is 3. The van der Waals surface area contributed by atoms with Gasteiger partial charge in [-0.3, -0.25) is 0 Å². The summed E-state index contributed by atoms with van der Waals surface area (Å²) >= 11 is 0. The highest BCUT2D eigenvalue weighted by atomic mass is 16.5. The summed E-state index contributed by atoms with van der Waals surface area (Å²) in [5, 5.41) is 3.35. The highest BCUT2D eigenvalue weighted by Gasteiger charge is 2.20. The van der Waals surface area contributed by atoms with Crippen LogP contribution in [-0.4, -0.2) is 40.3 Å². The lowest BCUT2D eigenvalue weighted by molar-refractivity contribution is 0.177. The van der Waals surface area contributed by atoms with Crippen LogP contribution >= 0.6 is 0 Å². The number of ether oxygens (including phenoxy) is 2. The van der Waals surface area contributed by atoms with Crippen LogP contribution in [0, 0.1) is 0 Å². The van der Waals surface area contributed by atoms with Gasteiger partial charge in [0.25, 0.3) is 0 Å². The van der Waals surface area contributed by atoms with Crippen molar-refractivity contribution in [2.75, 3.05) is 25.6 Å². The van der Waals surface area contributed by atoms with Gasteiger partial charge in [0.2, 0.25) is 0 Å². The van der Waals surface area contributed by atoms with E-state index < -0.39 is 0 Å². The predicted octanol–water partition coefficient (Wildman–Crippen LogP) is 1.91. The lowest BCUT2D eigenvalue weighted by Gasteiger charge is -2.13. The SMILES string of the molecule is COCc1nc(NCc2ccc3[nH]c(=O)[nH]c3c2)cc([C@@H]2CCOC2)n1. The fourth-order valence-electron chi connectivity index (χ4n) is 3.16. The van der Waals surface area contributed by atoms with Crippen LogP contribution in [0.4, 0.5) is 5.82 Å². The Balaban J connectivity index is 1.54. The van der Waals surface area contributed by atoms with E-state index in [9.17, 15) is 4.79 Å². The summed E-state index contributed by atoms with van der Waals surface area (Å²) in [6, 6.07) is 7.79. The number of nitrogens with zero attached hydrogens (tertiary/aromatic N) is 2. The Morgan fingerprint density at radius 3 is 2.96 bits per heavy atom. The molecule has 4 rings (SSSR count). The number of nitrogens with one attached hydrogen (secondary N) is 3. The number of methoxy groups -OCH3 is 1. The van der Waals surface area contributed by atoms with E-state index in [1.807, 2.05) is 24.3 Å². The smallest absolute Gasteiger partial charge is 0.323 e. The van der Waals surface area contributed by atoms with Crippen molar-refractivity contribution in [2.24, 2.45) is 0 Å². The molecule has 0 saturated carbocycles. The van der Waals surface area contributed by atoms with Crippen molar-refractivity contribution in [3.8, 4) is 0 Å². The first-order chi connectivity index (χ1) is 12.7. The molecule has 3 aromatic rings. The second-order valence-corrected chi connectivity index (χ2v) is 6.40. The number of fused-ring (bicyclic) bond motifs is 1. The highest BCUT2D eigenvalue weighted by Crippen LogP contribution is 2.25. The average molecular weight is 355 g/mol. The maximum absolute atomic E-state index is 11.4. The number of rotatable bonds is 6. The van der Waals surface area contributed by atoms with E-state index in [1.165, 1.54) is 0 Å². The summed E-state index contributed by atoms with van der Waals surface area (Å²) in [6.07, 6.45) is 0.973. The van der Waals surface area contributed by atoms with E-state index in [4.69, 9.17) is 9.47 Å². The minimum Gasteiger partial charge on any atom is -0.381 e. The largest absolute Gasteiger partial charge is 0.381 e. The molecular weight excluding hydrogens is 334 g/mol. The lowest BCUT2D eigenvalue weighted by atomic mass is 10.0. The maximum atomic E-state index is 11.4. The summed E-state index contributed by atoms with van der Waals surface area (Å²) < 4.78 is 10.7. The first-order valence-electron chi connectivity index (χ1n) is 8.60. The van der Waals surface area contributed by atoms with Crippen molar-refractivity contribution in [1.82, 2.24) is 19.9 Å². The van der Waals surface area contributed by atoms with Crippen LogP contribution in [-0.2, 0) is 22.6 Å². The van der Waals surface area contributed by atoms with Gasteiger partial charge in [0.05, 0.1) is 23.3 Å². The minimum absolute atomic E-state index is 0.200. The Morgan fingerprint density at radius 1 is 1.27 bits per heavy atom. The van der Waals surface area contributed by atoms with E-state index in [-0.39, 0.29) is 5.69 Å². The average Bonchev–Trinajstić information content (AvgIpc) is 3.28. The van der Waals surface area contributed by atoms with E-state index in [1.54, 1.807) is 7.11 Å². The third kappa shape index (κ3) is 3.61. The maximum Gasteiger partial charge on any atom is 0.323 e. The van der Waals surface area contributed by atoms with Gasteiger partial charge < -0.3 is 24.8 Å². The first kappa shape index (κ1) is 16.7. The molecule has 3 N–H and O–H groups in total. The van der Waals surface area contributed by atoms with Crippen LogP contribution in [0.2, 0.25) is 0 Å². The topological polar surface area (TPSA) is 105 Å². The van der Waals surface area contributed by atoms with Crippen LogP contribution < -0.4 is 11.0 Å². The number of benzene rings is 1. The van der Waals surface area contributed by atoms with Crippen LogP contribution in [0.3, 0.4) is 0 Å². The molecule has 0 bridgehead atoms. The molecule has 1 aliphatic heterocycles. The molecule has 3 heterocycles. The molecule has 1 aliphatic rings. The zero-order valence-electron chi connectivity index (χ0n) is 14.5. The molecule has 0 aliphatic carbocycles. The summed E-state index contributed by atoms with van der Waals surface area (Å²) in [6.45, 7) is 2.42. The highest BCUT2D eigenvalue weighted by molar-refractivity contribution is 5.75. The third-order valence-electron chi connectivity index (χ3n) is 4.47. The Hall–Kier alpha value is -2.71. The second kappa shape index (κ2) is 7.27. The van der Waals surface area contributed by atoms with E-state index in [2.05, 4.69) is 25.3 Å². The van der Waals surface area contributed by atoms with Crippen molar-refractivity contribution < 1.29 is 9.47 Å². The summed E-state index contributed by atoms with van der Waals surface area (Å²) in [4.78, 5) is 26.0. The molecule has 1 atom stereocenters. The quantitative estimate of drug-likeness (QED) is 0.624. The Bertz CT molecular complexity index is 959. The standard InChI is InChI=1S/C18H21N5O3/c1-25-10-17-20-14(12-4-5-26-9-12)7-16(23-17)19-8-11-2-3-13-15(6-11)22-18(24)21-13/h2-3,6-7,12H,4-5,8-10H2,1H3,(H,19,20,23)(H2,21,22,24)/t12-/m1/s1. The molecule has 0 unspecified atom stereocenters. The van der Waals surface area contributed by atoms with Crippen molar-refractivity contribution in [1.29, 1.82) is 0 Å². The van der Waals surface area contributed by atoms with Gasteiger partial charge in [0.1, 0.15) is 12.4 Å². The number of anilines is 1. The number of imidazole rings is 1. The molecular formula is C18H21N5O3. The monoisotopic (exact) mass is 355 g/mol. The molecule has 136 valence electrons. The third-order valence-corrected chi connectivity index (χ3v) is 4.47. The summed E-state index contributed by atoms with van der Waals surface area (Å²) in [7, 11) is 1.63. The second-order valence-electron chi connectivity index (χ2n) is 6.40. The summed E-state index contributed by atoms with van der Waals surface area (Å²) in [5.41, 5.74) is 3.42. The molecule has 8 nitrogen and oxygen atoms in total.